The van der Waals surface area contributed by atoms with Gasteiger partial charge in [0.1, 0.15) is 5.82 Å². The predicted molar refractivity (Wildman–Crippen MR) is 82.3 cm³/mol. The largest absolute Gasteiger partial charge is 0.324 e. The van der Waals surface area contributed by atoms with Gasteiger partial charge in [-0.05, 0) is 43.0 Å². The molecule has 5 nitrogen and oxygen atoms in total. The van der Waals surface area contributed by atoms with E-state index < -0.39 is 5.82 Å². The normalized spacial score (nSPS) is 18.3. The van der Waals surface area contributed by atoms with E-state index in [1.807, 2.05) is 13.1 Å². The SMILES string of the molecule is Cc1ccc(F)c(NC(=O)N2CCC[C@H](c3cn[nH]c3)C2)c1. The summed E-state index contributed by atoms with van der Waals surface area (Å²) in [6, 6.07) is 4.44. The molecule has 1 aliphatic rings. The Hall–Kier alpha value is -2.37. The number of urea groups is 1. The summed E-state index contributed by atoms with van der Waals surface area (Å²) in [4.78, 5) is 14.1. The summed E-state index contributed by atoms with van der Waals surface area (Å²) in [5, 5.41) is 9.44. The zero-order valence-corrected chi connectivity index (χ0v) is 12.5. The first kappa shape index (κ1) is 14.6. The molecule has 2 heterocycles. The van der Waals surface area contributed by atoms with Crippen molar-refractivity contribution in [1.82, 2.24) is 15.1 Å². The lowest BCUT2D eigenvalue weighted by atomic mass is 9.93. The van der Waals surface area contributed by atoms with Crippen molar-refractivity contribution in [2.75, 3.05) is 18.4 Å². The highest BCUT2D eigenvalue weighted by Crippen LogP contribution is 2.26. The van der Waals surface area contributed by atoms with Crippen molar-refractivity contribution in [3.63, 3.8) is 0 Å². The van der Waals surface area contributed by atoms with Crippen molar-refractivity contribution >= 4 is 11.7 Å². The number of piperidine rings is 1. The zero-order valence-electron chi connectivity index (χ0n) is 12.5. The first-order chi connectivity index (χ1) is 10.6. The molecule has 1 aromatic carbocycles. The number of anilines is 1. The first-order valence-electron chi connectivity index (χ1n) is 7.44. The molecule has 1 saturated heterocycles. The minimum absolute atomic E-state index is 0.232. The van der Waals surface area contributed by atoms with E-state index in [0.717, 1.165) is 24.0 Å². The molecular formula is C16H19FN4O. The lowest BCUT2D eigenvalue weighted by Gasteiger charge is -2.32. The summed E-state index contributed by atoms with van der Waals surface area (Å²) < 4.78 is 13.8. The number of aryl methyl sites for hydroxylation is 1. The van der Waals surface area contributed by atoms with E-state index in [0.29, 0.717) is 13.1 Å². The van der Waals surface area contributed by atoms with Crippen LogP contribution >= 0.6 is 0 Å². The fourth-order valence-corrected chi connectivity index (χ4v) is 2.85. The Kier molecular flexibility index (Phi) is 4.09. The molecule has 1 aromatic heterocycles. The van der Waals surface area contributed by atoms with Gasteiger partial charge in [0, 0.05) is 25.2 Å². The third-order valence-corrected chi connectivity index (χ3v) is 4.06. The van der Waals surface area contributed by atoms with Crippen molar-refractivity contribution < 1.29 is 9.18 Å². The lowest BCUT2D eigenvalue weighted by molar-refractivity contribution is 0.192. The van der Waals surface area contributed by atoms with Gasteiger partial charge >= 0.3 is 6.03 Å². The van der Waals surface area contributed by atoms with Gasteiger partial charge in [0.05, 0.1) is 11.9 Å². The highest BCUT2D eigenvalue weighted by Gasteiger charge is 2.25. The third-order valence-electron chi connectivity index (χ3n) is 4.06. The molecule has 0 spiro atoms. The average molecular weight is 302 g/mol. The highest BCUT2D eigenvalue weighted by molar-refractivity contribution is 5.89. The molecule has 22 heavy (non-hydrogen) atoms. The second-order valence-corrected chi connectivity index (χ2v) is 5.73. The molecule has 6 heteroatoms. The number of halogens is 1. The maximum atomic E-state index is 13.8. The zero-order chi connectivity index (χ0) is 15.5. The van der Waals surface area contributed by atoms with E-state index in [2.05, 4.69) is 15.5 Å². The Labute approximate surface area is 128 Å². The van der Waals surface area contributed by atoms with E-state index in [1.54, 1.807) is 23.2 Å². The van der Waals surface area contributed by atoms with Crippen LogP contribution in [0.5, 0.6) is 0 Å². The molecule has 1 atom stereocenters. The quantitative estimate of drug-likeness (QED) is 0.894. The van der Waals surface area contributed by atoms with E-state index in [4.69, 9.17) is 0 Å². The molecule has 0 aliphatic carbocycles. The smallest absolute Gasteiger partial charge is 0.321 e. The Morgan fingerprint density at radius 3 is 3.14 bits per heavy atom. The summed E-state index contributed by atoms with van der Waals surface area (Å²) in [7, 11) is 0. The van der Waals surface area contributed by atoms with E-state index >= 15 is 0 Å². The number of carbonyl (C=O) groups excluding carboxylic acids is 1. The van der Waals surface area contributed by atoms with Gasteiger partial charge in [0.2, 0.25) is 0 Å². The van der Waals surface area contributed by atoms with Crippen LogP contribution in [-0.4, -0.2) is 34.2 Å². The Morgan fingerprint density at radius 2 is 2.36 bits per heavy atom. The van der Waals surface area contributed by atoms with Crippen LogP contribution in [0.4, 0.5) is 14.9 Å². The van der Waals surface area contributed by atoms with Crippen molar-refractivity contribution in [2.45, 2.75) is 25.7 Å². The van der Waals surface area contributed by atoms with Crippen LogP contribution in [0.3, 0.4) is 0 Å². The number of benzene rings is 1. The van der Waals surface area contributed by atoms with Gasteiger partial charge in [0.25, 0.3) is 0 Å². The van der Waals surface area contributed by atoms with E-state index in [9.17, 15) is 9.18 Å². The number of nitrogens with one attached hydrogen (secondary N) is 2. The number of aromatic amines is 1. The van der Waals surface area contributed by atoms with Crippen LogP contribution in [0.15, 0.2) is 30.6 Å². The summed E-state index contributed by atoms with van der Waals surface area (Å²) in [6.07, 6.45) is 5.63. The van der Waals surface area contributed by atoms with Gasteiger partial charge < -0.3 is 10.2 Å². The molecule has 2 amide bonds. The number of rotatable bonds is 2. The van der Waals surface area contributed by atoms with E-state index in [1.165, 1.54) is 6.07 Å². The fourth-order valence-electron chi connectivity index (χ4n) is 2.85. The Bertz CT molecular complexity index is 656. The molecule has 2 N–H and O–H groups in total. The molecular weight excluding hydrogens is 283 g/mol. The molecule has 3 rings (SSSR count). The minimum Gasteiger partial charge on any atom is -0.324 e. The van der Waals surface area contributed by atoms with Crippen LogP contribution < -0.4 is 5.32 Å². The van der Waals surface area contributed by atoms with Crippen LogP contribution in [-0.2, 0) is 0 Å². The summed E-state index contributed by atoms with van der Waals surface area (Å²) >= 11 is 0. The number of hydrogen-bond acceptors (Lipinski definition) is 2. The maximum Gasteiger partial charge on any atom is 0.321 e. The van der Waals surface area contributed by atoms with Crippen molar-refractivity contribution in [1.29, 1.82) is 0 Å². The van der Waals surface area contributed by atoms with Crippen LogP contribution in [0.1, 0.15) is 29.9 Å². The number of amides is 2. The number of likely N-dealkylation sites (tertiary alicyclic amines) is 1. The fraction of sp³-hybridized carbons (Fsp3) is 0.375. The lowest BCUT2D eigenvalue weighted by Crippen LogP contribution is -2.41. The van der Waals surface area contributed by atoms with Crippen LogP contribution in [0.2, 0.25) is 0 Å². The van der Waals surface area contributed by atoms with Crippen LogP contribution in [0.25, 0.3) is 0 Å². The number of nitrogens with zero attached hydrogens (tertiary/aromatic N) is 2. The topological polar surface area (TPSA) is 61.0 Å². The predicted octanol–water partition coefficient (Wildman–Crippen LogP) is 3.27. The standard InChI is InChI=1S/C16H19FN4O/c1-11-4-5-14(17)15(7-11)20-16(22)21-6-2-3-12(10-21)13-8-18-19-9-13/h4-5,7-9,12H,2-3,6,10H2,1H3,(H,18,19)(H,20,22)/t12-/m0/s1. The minimum atomic E-state index is -0.414. The van der Waals surface area contributed by atoms with Gasteiger partial charge in [-0.25, -0.2) is 9.18 Å². The summed E-state index contributed by atoms with van der Waals surface area (Å²) in [6.45, 7) is 3.18. The Morgan fingerprint density at radius 1 is 1.50 bits per heavy atom. The van der Waals surface area contributed by atoms with Crippen molar-refractivity contribution in [3.05, 3.63) is 47.5 Å². The third kappa shape index (κ3) is 3.10. The second-order valence-electron chi connectivity index (χ2n) is 5.73. The van der Waals surface area contributed by atoms with Gasteiger partial charge in [-0.3, -0.25) is 5.10 Å². The summed E-state index contributed by atoms with van der Waals surface area (Å²) in [5.41, 5.74) is 2.25. The van der Waals surface area contributed by atoms with Crippen molar-refractivity contribution in [2.24, 2.45) is 0 Å². The van der Waals surface area contributed by atoms with Crippen molar-refractivity contribution in [3.8, 4) is 0 Å². The van der Waals surface area contributed by atoms with Gasteiger partial charge in [0.15, 0.2) is 0 Å². The molecule has 2 aromatic rings. The number of H-pyrrole nitrogens is 1. The average Bonchev–Trinajstić information content (AvgIpc) is 3.05. The van der Waals surface area contributed by atoms with Gasteiger partial charge in [-0.1, -0.05) is 6.07 Å². The Balaban J connectivity index is 1.68. The number of aromatic nitrogens is 2. The van der Waals surface area contributed by atoms with E-state index in [-0.39, 0.29) is 17.6 Å². The van der Waals surface area contributed by atoms with Crippen LogP contribution in [0, 0.1) is 12.7 Å². The monoisotopic (exact) mass is 302 g/mol. The number of hydrogen-bond donors (Lipinski definition) is 2. The molecule has 0 bridgehead atoms. The van der Waals surface area contributed by atoms with Gasteiger partial charge in [-0.15, -0.1) is 0 Å². The van der Waals surface area contributed by atoms with Gasteiger partial charge in [-0.2, -0.15) is 5.10 Å². The highest BCUT2D eigenvalue weighted by atomic mass is 19.1. The molecule has 0 unspecified atom stereocenters. The summed E-state index contributed by atoms with van der Waals surface area (Å²) in [5.74, 6) is -0.136. The maximum absolute atomic E-state index is 13.8. The second kappa shape index (κ2) is 6.17. The molecule has 1 aliphatic heterocycles. The molecule has 1 fully saturated rings. The molecule has 116 valence electrons. The molecule has 0 radical (unpaired) electrons. The molecule has 0 saturated carbocycles. The number of carbonyl (C=O) groups is 1. The first-order valence-corrected chi connectivity index (χ1v) is 7.44.